The van der Waals surface area contributed by atoms with Crippen LogP contribution in [0.2, 0.25) is 5.02 Å². The molecule has 0 N–H and O–H groups in total. The van der Waals surface area contributed by atoms with Crippen molar-refractivity contribution in [2.45, 2.75) is 11.9 Å². The highest BCUT2D eigenvalue weighted by molar-refractivity contribution is 9.08. The summed E-state index contributed by atoms with van der Waals surface area (Å²) >= 11 is 9.38. The Morgan fingerprint density at radius 3 is 2.42 bits per heavy atom. The quantitative estimate of drug-likeness (QED) is 0.700. The van der Waals surface area contributed by atoms with Crippen LogP contribution in [-0.2, 0) is 11.9 Å². The van der Waals surface area contributed by atoms with E-state index in [9.17, 15) is 8.78 Å². The van der Waals surface area contributed by atoms with Gasteiger partial charge in [0.2, 0.25) is 0 Å². The topological polar surface area (TPSA) is 9.23 Å². The van der Waals surface area contributed by atoms with Crippen LogP contribution in [0.3, 0.4) is 0 Å². The van der Waals surface area contributed by atoms with Crippen molar-refractivity contribution in [2.24, 2.45) is 0 Å². The summed E-state index contributed by atoms with van der Waals surface area (Å²) in [5.74, 6) is -0.734. The Kier molecular flexibility index (Phi) is 4.77. The molecule has 0 atom stereocenters. The molecule has 0 aliphatic heterocycles. The summed E-state index contributed by atoms with van der Waals surface area (Å²) in [7, 11) is 0. The zero-order valence-electron chi connectivity index (χ0n) is 9.80. The van der Waals surface area contributed by atoms with E-state index in [0.717, 1.165) is 11.6 Å². The molecule has 0 fully saturated rings. The average molecular weight is 348 g/mol. The molecule has 2 aromatic rings. The first-order valence-electron chi connectivity index (χ1n) is 5.51. The fourth-order valence-electron chi connectivity index (χ4n) is 1.67. The van der Waals surface area contributed by atoms with Gasteiger partial charge >= 0.3 is 0 Å². The Labute approximate surface area is 123 Å². The summed E-state index contributed by atoms with van der Waals surface area (Å²) < 4.78 is 31.7. The Morgan fingerprint density at radius 2 is 1.79 bits per heavy atom. The molecule has 19 heavy (non-hydrogen) atoms. The van der Waals surface area contributed by atoms with E-state index in [1.807, 2.05) is 12.1 Å². The third kappa shape index (κ3) is 3.67. The van der Waals surface area contributed by atoms with Gasteiger partial charge in [-0.05, 0) is 23.8 Å². The molecule has 0 aromatic heterocycles. The maximum atomic E-state index is 13.0. The smallest absolute Gasteiger partial charge is 0.142 e. The first-order valence-corrected chi connectivity index (χ1v) is 7.01. The number of benzene rings is 2. The highest BCUT2D eigenvalue weighted by Crippen LogP contribution is 2.30. The van der Waals surface area contributed by atoms with Gasteiger partial charge in [-0.2, -0.15) is 0 Å². The van der Waals surface area contributed by atoms with Gasteiger partial charge in [0.25, 0.3) is 0 Å². The van der Waals surface area contributed by atoms with Gasteiger partial charge in [-0.3, -0.25) is 0 Å². The molecule has 0 amide bonds. The summed E-state index contributed by atoms with van der Waals surface area (Å²) in [6, 6.07) is 8.66. The van der Waals surface area contributed by atoms with Gasteiger partial charge in [-0.1, -0.05) is 39.7 Å². The molecule has 2 rings (SSSR count). The van der Waals surface area contributed by atoms with Gasteiger partial charge in [0, 0.05) is 17.0 Å². The summed E-state index contributed by atoms with van der Waals surface area (Å²) in [5.41, 5.74) is 1.29. The van der Waals surface area contributed by atoms with Gasteiger partial charge in [0.05, 0.1) is 5.02 Å². The average Bonchev–Trinajstić information content (AvgIpc) is 2.36. The minimum atomic E-state index is -0.626. The van der Waals surface area contributed by atoms with Gasteiger partial charge in [-0.15, -0.1) is 0 Å². The number of rotatable bonds is 4. The molecule has 0 heterocycles. The lowest BCUT2D eigenvalue weighted by atomic mass is 10.2. The largest absolute Gasteiger partial charge is 0.487 e. The zero-order chi connectivity index (χ0) is 13.8. The molecular weight excluding hydrogens is 338 g/mol. The summed E-state index contributed by atoms with van der Waals surface area (Å²) in [6.45, 7) is 0.0540. The molecule has 0 unspecified atom stereocenters. The number of para-hydroxylation sites is 1. The Bertz CT molecular complexity index is 569. The number of hydrogen-bond donors (Lipinski definition) is 0. The van der Waals surface area contributed by atoms with Gasteiger partial charge in [-0.25, -0.2) is 8.78 Å². The maximum Gasteiger partial charge on any atom is 0.142 e. The first-order chi connectivity index (χ1) is 9.10. The number of ether oxygens (including phenoxy) is 1. The summed E-state index contributed by atoms with van der Waals surface area (Å²) in [6.07, 6.45) is 0. The van der Waals surface area contributed by atoms with Gasteiger partial charge < -0.3 is 4.74 Å². The van der Waals surface area contributed by atoms with E-state index in [4.69, 9.17) is 16.3 Å². The van der Waals surface area contributed by atoms with Crippen molar-refractivity contribution < 1.29 is 13.5 Å². The number of halogens is 4. The molecule has 0 spiro atoms. The lowest BCUT2D eigenvalue weighted by Gasteiger charge is -2.12. The van der Waals surface area contributed by atoms with Crippen molar-refractivity contribution in [1.82, 2.24) is 0 Å². The van der Waals surface area contributed by atoms with E-state index in [0.29, 0.717) is 21.7 Å². The number of alkyl halides is 1. The van der Waals surface area contributed by atoms with Crippen LogP contribution in [0.25, 0.3) is 0 Å². The zero-order valence-corrected chi connectivity index (χ0v) is 12.1. The van der Waals surface area contributed by atoms with E-state index in [1.165, 1.54) is 12.1 Å². The van der Waals surface area contributed by atoms with Crippen molar-refractivity contribution in [3.05, 3.63) is 64.2 Å². The standard InChI is InChI=1S/C14H10BrClF2O/c15-7-10-2-1-3-13(16)14(10)19-8-9-4-11(17)6-12(18)5-9/h1-6H,7-8H2. The van der Waals surface area contributed by atoms with E-state index in [-0.39, 0.29) is 6.61 Å². The fourth-order valence-corrected chi connectivity index (χ4v) is 2.36. The molecule has 2 aromatic carbocycles. The van der Waals surface area contributed by atoms with Crippen molar-refractivity contribution in [2.75, 3.05) is 0 Å². The van der Waals surface area contributed by atoms with Crippen LogP contribution in [0.5, 0.6) is 5.75 Å². The predicted octanol–water partition coefficient (Wildman–Crippen LogP) is 5.09. The second kappa shape index (κ2) is 6.35. The molecule has 0 radical (unpaired) electrons. The van der Waals surface area contributed by atoms with Crippen molar-refractivity contribution in [3.8, 4) is 5.75 Å². The second-order valence-corrected chi connectivity index (χ2v) is 4.90. The van der Waals surface area contributed by atoms with Crippen LogP contribution in [0.1, 0.15) is 11.1 Å². The Hall–Kier alpha value is -1.13. The number of hydrogen-bond acceptors (Lipinski definition) is 1. The predicted molar refractivity (Wildman–Crippen MR) is 74.8 cm³/mol. The molecule has 0 aliphatic carbocycles. The summed E-state index contributed by atoms with van der Waals surface area (Å²) in [4.78, 5) is 0. The Balaban J connectivity index is 2.18. The third-order valence-corrected chi connectivity index (χ3v) is 3.40. The van der Waals surface area contributed by atoms with Crippen LogP contribution < -0.4 is 4.74 Å². The molecule has 0 saturated carbocycles. The van der Waals surface area contributed by atoms with Crippen LogP contribution in [0.15, 0.2) is 36.4 Å². The lowest BCUT2D eigenvalue weighted by molar-refractivity contribution is 0.302. The van der Waals surface area contributed by atoms with Crippen molar-refractivity contribution in [1.29, 1.82) is 0 Å². The molecule has 5 heteroatoms. The Morgan fingerprint density at radius 1 is 1.11 bits per heavy atom. The minimum absolute atomic E-state index is 0.0540. The highest BCUT2D eigenvalue weighted by atomic mass is 79.9. The molecule has 1 nitrogen and oxygen atoms in total. The first kappa shape index (κ1) is 14.3. The van der Waals surface area contributed by atoms with Crippen LogP contribution in [0.4, 0.5) is 8.78 Å². The maximum absolute atomic E-state index is 13.0. The lowest BCUT2D eigenvalue weighted by Crippen LogP contribution is -1.99. The fraction of sp³-hybridized carbons (Fsp3) is 0.143. The monoisotopic (exact) mass is 346 g/mol. The SMILES string of the molecule is Fc1cc(F)cc(COc2c(Cl)cccc2CBr)c1. The van der Waals surface area contributed by atoms with E-state index in [1.54, 1.807) is 6.07 Å². The van der Waals surface area contributed by atoms with Crippen LogP contribution >= 0.6 is 27.5 Å². The second-order valence-electron chi connectivity index (χ2n) is 3.93. The van der Waals surface area contributed by atoms with Gasteiger partial charge in [0.1, 0.15) is 24.0 Å². The van der Waals surface area contributed by atoms with Crippen molar-refractivity contribution >= 4 is 27.5 Å². The van der Waals surface area contributed by atoms with Crippen LogP contribution in [0, 0.1) is 11.6 Å². The van der Waals surface area contributed by atoms with Gasteiger partial charge in [0.15, 0.2) is 0 Å². The van der Waals surface area contributed by atoms with E-state index in [2.05, 4.69) is 15.9 Å². The molecule has 0 bridgehead atoms. The molecule has 0 saturated heterocycles. The third-order valence-electron chi connectivity index (χ3n) is 2.50. The summed E-state index contributed by atoms with van der Waals surface area (Å²) in [5, 5.41) is 1.05. The van der Waals surface area contributed by atoms with E-state index >= 15 is 0 Å². The molecule has 0 aliphatic rings. The minimum Gasteiger partial charge on any atom is -0.487 e. The van der Waals surface area contributed by atoms with E-state index < -0.39 is 11.6 Å². The van der Waals surface area contributed by atoms with Crippen molar-refractivity contribution in [3.63, 3.8) is 0 Å². The molecular formula is C14H10BrClF2O. The normalized spacial score (nSPS) is 10.5. The molecule has 100 valence electrons. The highest BCUT2D eigenvalue weighted by Gasteiger charge is 2.08. The van der Waals surface area contributed by atoms with Crippen LogP contribution in [-0.4, -0.2) is 0 Å².